The Bertz CT molecular complexity index is 426. The minimum atomic E-state index is -0.358. The molecule has 0 bridgehead atoms. The lowest BCUT2D eigenvalue weighted by atomic mass is 9.91. The van der Waals surface area contributed by atoms with E-state index in [2.05, 4.69) is 27.7 Å². The van der Waals surface area contributed by atoms with Gasteiger partial charge < -0.3 is 26.4 Å². The van der Waals surface area contributed by atoms with Gasteiger partial charge in [-0.2, -0.15) is 0 Å². The molecule has 0 amide bonds. The average Bonchev–Trinajstić information content (AvgIpc) is 2.51. The van der Waals surface area contributed by atoms with E-state index in [4.69, 9.17) is 9.47 Å². The minimum absolute atomic E-state index is 0. The van der Waals surface area contributed by atoms with Crippen molar-refractivity contribution in [3.05, 3.63) is 12.7 Å². The Morgan fingerprint density at radius 2 is 1.31 bits per heavy atom. The molecule has 0 aromatic carbocycles. The Hall–Kier alpha value is -1.07. The highest BCUT2D eigenvalue weighted by atomic mass is 35.5. The van der Waals surface area contributed by atoms with E-state index in [0.29, 0.717) is 13.2 Å². The maximum absolute atomic E-state index is 11.6. The van der Waals surface area contributed by atoms with Crippen LogP contribution in [0.15, 0.2) is 12.7 Å². The molecule has 0 atom stereocenters. The minimum Gasteiger partial charge on any atom is -1.00 e. The van der Waals surface area contributed by atoms with Crippen molar-refractivity contribution in [2.45, 2.75) is 54.4 Å². The Morgan fingerprint density at radius 1 is 0.923 bits per heavy atom. The van der Waals surface area contributed by atoms with Crippen LogP contribution in [0, 0.1) is 10.8 Å². The molecule has 0 radical (unpaired) electrons. The van der Waals surface area contributed by atoms with Crippen LogP contribution in [0.4, 0.5) is 0 Å². The van der Waals surface area contributed by atoms with Crippen LogP contribution < -0.4 is 12.4 Å². The van der Waals surface area contributed by atoms with E-state index < -0.39 is 0 Å². The summed E-state index contributed by atoms with van der Waals surface area (Å²) in [5, 5.41) is 0. The average molecular weight is 394 g/mol. The Balaban J connectivity index is -0.000000402. The predicted octanol–water partition coefficient (Wildman–Crippen LogP) is 0.828. The van der Waals surface area contributed by atoms with Gasteiger partial charge in [-0.25, -0.2) is 0 Å². The Kier molecular flexibility index (Phi) is 15.0. The first-order valence-corrected chi connectivity index (χ1v) is 8.99. The van der Waals surface area contributed by atoms with Crippen molar-refractivity contribution >= 4 is 11.9 Å². The van der Waals surface area contributed by atoms with Crippen molar-refractivity contribution in [3.63, 3.8) is 0 Å². The van der Waals surface area contributed by atoms with E-state index in [0.717, 1.165) is 23.9 Å². The second-order valence-corrected chi connectivity index (χ2v) is 8.51. The number of carbonyl (C=O) groups is 2. The topological polar surface area (TPSA) is 52.6 Å². The number of rotatable bonds is 9. The Morgan fingerprint density at radius 3 is 1.62 bits per heavy atom. The van der Waals surface area contributed by atoms with Crippen molar-refractivity contribution in [2.24, 2.45) is 10.8 Å². The molecular formula is C20H40ClNO4. The lowest BCUT2D eigenvalue weighted by molar-refractivity contribution is -0.870. The molecule has 0 rings (SSSR count). The van der Waals surface area contributed by atoms with E-state index in [1.54, 1.807) is 6.08 Å². The predicted molar refractivity (Wildman–Crippen MR) is 103 cm³/mol. The largest absolute Gasteiger partial charge is 1.00 e. The number of quaternary nitrogens is 1. The molecule has 156 valence electrons. The van der Waals surface area contributed by atoms with Gasteiger partial charge in [0.05, 0.1) is 32.0 Å². The van der Waals surface area contributed by atoms with Crippen molar-refractivity contribution in [3.8, 4) is 0 Å². The number of hydrogen-bond donors (Lipinski definition) is 0. The number of ether oxygens (including phenoxy) is 2. The van der Waals surface area contributed by atoms with Gasteiger partial charge in [-0.15, -0.1) is 0 Å². The molecule has 0 N–H and O–H groups in total. The molecule has 0 heterocycles. The first-order valence-electron chi connectivity index (χ1n) is 8.99. The van der Waals surface area contributed by atoms with Gasteiger partial charge in [0.1, 0.15) is 19.8 Å². The smallest absolute Gasteiger partial charge is 0.311 e. The monoisotopic (exact) mass is 393 g/mol. The summed E-state index contributed by atoms with van der Waals surface area (Å²) in [5.41, 5.74) is -0.701. The van der Waals surface area contributed by atoms with Crippen LogP contribution in [0.5, 0.6) is 0 Å². The maximum Gasteiger partial charge on any atom is 0.311 e. The zero-order valence-electron chi connectivity index (χ0n) is 18.3. The van der Waals surface area contributed by atoms with Crippen molar-refractivity contribution in [1.29, 1.82) is 0 Å². The lowest BCUT2D eigenvalue weighted by Gasteiger charge is -2.25. The quantitative estimate of drug-likeness (QED) is 0.331. The first-order chi connectivity index (χ1) is 11.2. The Labute approximate surface area is 167 Å². The summed E-state index contributed by atoms with van der Waals surface area (Å²) in [5.74, 6) is -0.242. The summed E-state index contributed by atoms with van der Waals surface area (Å²) in [6.07, 6.45) is 3.18. The second-order valence-electron chi connectivity index (χ2n) is 8.51. The zero-order valence-corrected chi connectivity index (χ0v) is 19.0. The van der Waals surface area contributed by atoms with E-state index in [1.807, 2.05) is 41.5 Å². The lowest BCUT2D eigenvalue weighted by Crippen LogP contribution is -3.00. The molecular weight excluding hydrogens is 354 g/mol. The zero-order chi connectivity index (χ0) is 20.3. The molecule has 0 aromatic rings. The molecule has 0 saturated carbocycles. The standard InChI is InChI=1S/C11H24NO2.C9H16O2.ClH/c1-7-11(2,3)10(13)14-9-8-12(4,5)6;1-5-7-11-8(10)9(3,4)6-2;/h7-9H2,1-6H3;5H,1,6-7H2,2-4H3;1H/q+1;;/p-1. The van der Waals surface area contributed by atoms with Gasteiger partial charge >= 0.3 is 11.9 Å². The van der Waals surface area contributed by atoms with Crippen LogP contribution in [0.1, 0.15) is 54.4 Å². The van der Waals surface area contributed by atoms with Crippen LogP contribution in [0.25, 0.3) is 0 Å². The van der Waals surface area contributed by atoms with Gasteiger partial charge in [0.2, 0.25) is 0 Å². The maximum atomic E-state index is 11.6. The normalized spacial score (nSPS) is 11.4. The van der Waals surface area contributed by atoms with Gasteiger partial charge in [0.25, 0.3) is 0 Å². The van der Waals surface area contributed by atoms with Gasteiger partial charge in [0, 0.05) is 0 Å². The number of halogens is 1. The molecule has 26 heavy (non-hydrogen) atoms. The molecule has 0 aromatic heterocycles. The van der Waals surface area contributed by atoms with Crippen molar-refractivity contribution < 1.29 is 36.0 Å². The molecule has 0 aliphatic carbocycles. The summed E-state index contributed by atoms with van der Waals surface area (Å²) in [7, 11) is 6.25. The summed E-state index contributed by atoms with van der Waals surface area (Å²) >= 11 is 0. The van der Waals surface area contributed by atoms with E-state index in [-0.39, 0.29) is 35.2 Å². The number of hydrogen-bond acceptors (Lipinski definition) is 4. The summed E-state index contributed by atoms with van der Waals surface area (Å²) in [4.78, 5) is 22.7. The van der Waals surface area contributed by atoms with Crippen LogP contribution >= 0.6 is 0 Å². The fourth-order valence-electron chi connectivity index (χ4n) is 1.23. The third-order valence-corrected chi connectivity index (χ3v) is 4.20. The molecule has 0 unspecified atom stereocenters. The van der Waals surface area contributed by atoms with E-state index >= 15 is 0 Å². The second kappa shape index (κ2) is 13.2. The third kappa shape index (κ3) is 14.1. The highest BCUT2D eigenvalue weighted by molar-refractivity contribution is 5.76. The van der Waals surface area contributed by atoms with Crippen LogP contribution in [-0.4, -0.2) is 57.3 Å². The third-order valence-electron chi connectivity index (χ3n) is 4.20. The molecule has 0 fully saturated rings. The van der Waals surface area contributed by atoms with Gasteiger partial charge in [-0.05, 0) is 40.5 Å². The molecule has 5 nitrogen and oxygen atoms in total. The SMILES string of the molecule is C=CCOC(=O)C(C)(C)CC.CCC(C)(C)C(=O)OCC[N+](C)(C)C.[Cl-]. The summed E-state index contributed by atoms with van der Waals surface area (Å²) in [6.45, 7) is 16.7. The van der Waals surface area contributed by atoms with Crippen LogP contribution in [-0.2, 0) is 19.1 Å². The van der Waals surface area contributed by atoms with Crippen LogP contribution in [0.3, 0.4) is 0 Å². The van der Waals surface area contributed by atoms with E-state index in [1.165, 1.54) is 0 Å². The number of carbonyl (C=O) groups excluding carboxylic acids is 2. The number of esters is 2. The highest BCUT2D eigenvalue weighted by Crippen LogP contribution is 2.21. The fraction of sp³-hybridized carbons (Fsp3) is 0.800. The van der Waals surface area contributed by atoms with Gasteiger partial charge in [-0.3, -0.25) is 9.59 Å². The first kappa shape index (κ1) is 29.7. The van der Waals surface area contributed by atoms with Gasteiger partial charge in [0.15, 0.2) is 0 Å². The number of likely N-dealkylation sites (N-methyl/N-ethyl adjacent to an activating group) is 1. The fourth-order valence-corrected chi connectivity index (χ4v) is 1.23. The molecule has 0 saturated heterocycles. The van der Waals surface area contributed by atoms with Crippen LogP contribution in [0.2, 0.25) is 0 Å². The molecule has 0 aliphatic heterocycles. The van der Waals surface area contributed by atoms with E-state index in [9.17, 15) is 9.59 Å². The molecule has 0 aliphatic rings. The van der Waals surface area contributed by atoms with Gasteiger partial charge in [-0.1, -0.05) is 26.5 Å². The summed E-state index contributed by atoms with van der Waals surface area (Å²) in [6, 6.07) is 0. The molecule has 6 heteroatoms. The van der Waals surface area contributed by atoms with Crippen molar-refractivity contribution in [1.82, 2.24) is 0 Å². The van der Waals surface area contributed by atoms with Crippen molar-refractivity contribution in [2.75, 3.05) is 40.9 Å². The highest BCUT2D eigenvalue weighted by Gasteiger charge is 2.27. The number of nitrogens with zero attached hydrogens (tertiary/aromatic N) is 1. The summed E-state index contributed by atoms with van der Waals surface area (Å²) < 4.78 is 10.9. The molecule has 0 spiro atoms.